The number of hydrogen-bond donors (Lipinski definition) is 3. The first-order valence-corrected chi connectivity index (χ1v) is 6.59. The van der Waals surface area contributed by atoms with Crippen molar-refractivity contribution in [2.75, 3.05) is 17.2 Å². The average molecular weight is 300 g/mol. The molecule has 0 saturated heterocycles. The number of carbonyl (C=O) groups excluding carboxylic acids is 2. The predicted molar refractivity (Wildman–Crippen MR) is 82.9 cm³/mol. The Labute approximate surface area is 127 Å². The first-order chi connectivity index (χ1) is 10.6. The van der Waals surface area contributed by atoms with E-state index in [0.717, 1.165) is 0 Å². The fraction of sp³-hybridized carbons (Fsp3) is 0.133. The van der Waals surface area contributed by atoms with Gasteiger partial charge in [0.05, 0.1) is 5.69 Å². The molecule has 0 saturated carbocycles. The van der Waals surface area contributed by atoms with Gasteiger partial charge in [0.15, 0.2) is 0 Å². The molecule has 114 valence electrons. The van der Waals surface area contributed by atoms with E-state index in [0.29, 0.717) is 23.6 Å². The van der Waals surface area contributed by atoms with Crippen molar-refractivity contribution in [1.82, 2.24) is 10.5 Å². The van der Waals surface area contributed by atoms with Gasteiger partial charge in [-0.3, -0.25) is 4.79 Å². The molecule has 0 aliphatic carbocycles. The van der Waals surface area contributed by atoms with Gasteiger partial charge in [-0.1, -0.05) is 11.2 Å². The zero-order valence-electron chi connectivity index (χ0n) is 12.1. The van der Waals surface area contributed by atoms with Gasteiger partial charge in [0, 0.05) is 24.0 Å². The van der Waals surface area contributed by atoms with Gasteiger partial charge < -0.3 is 20.5 Å². The molecule has 0 unspecified atom stereocenters. The molecule has 1 aromatic heterocycles. The molecule has 0 bridgehead atoms. The highest BCUT2D eigenvalue weighted by Gasteiger charge is 2.11. The SMILES string of the molecule is C=CCNC(=O)Nc1ccc(NC(=O)c2cc(C)no2)cc1. The van der Waals surface area contributed by atoms with E-state index in [1.165, 1.54) is 0 Å². The van der Waals surface area contributed by atoms with Gasteiger partial charge in [-0.15, -0.1) is 6.58 Å². The number of amides is 3. The van der Waals surface area contributed by atoms with Crippen LogP contribution in [-0.4, -0.2) is 23.6 Å². The molecule has 0 aliphatic rings. The molecule has 0 radical (unpaired) electrons. The van der Waals surface area contributed by atoms with Crippen molar-refractivity contribution in [2.45, 2.75) is 6.92 Å². The number of nitrogens with one attached hydrogen (secondary N) is 3. The van der Waals surface area contributed by atoms with Crippen molar-refractivity contribution in [3.63, 3.8) is 0 Å². The first kappa shape index (κ1) is 15.3. The lowest BCUT2D eigenvalue weighted by Crippen LogP contribution is -2.28. The van der Waals surface area contributed by atoms with Crippen molar-refractivity contribution < 1.29 is 14.1 Å². The third-order valence-corrected chi connectivity index (χ3v) is 2.66. The summed E-state index contributed by atoms with van der Waals surface area (Å²) >= 11 is 0. The van der Waals surface area contributed by atoms with E-state index in [1.807, 2.05) is 0 Å². The van der Waals surface area contributed by atoms with Crippen LogP contribution in [0, 0.1) is 6.92 Å². The molecule has 1 aromatic carbocycles. The quantitative estimate of drug-likeness (QED) is 0.739. The molecule has 7 nitrogen and oxygen atoms in total. The molecule has 0 fully saturated rings. The second kappa shape index (κ2) is 7.07. The van der Waals surface area contributed by atoms with E-state index in [4.69, 9.17) is 4.52 Å². The maximum atomic E-state index is 11.9. The van der Waals surface area contributed by atoms with Crippen molar-refractivity contribution >= 4 is 23.3 Å². The smallest absolute Gasteiger partial charge is 0.319 e. The summed E-state index contributed by atoms with van der Waals surface area (Å²) in [6.07, 6.45) is 1.59. The number of benzene rings is 1. The summed E-state index contributed by atoms with van der Waals surface area (Å²) in [5.74, 6) is -0.242. The number of nitrogens with zero attached hydrogens (tertiary/aromatic N) is 1. The minimum absolute atomic E-state index is 0.142. The highest BCUT2D eigenvalue weighted by Crippen LogP contribution is 2.15. The summed E-state index contributed by atoms with van der Waals surface area (Å²) in [7, 11) is 0. The van der Waals surface area contributed by atoms with E-state index < -0.39 is 0 Å². The molecular formula is C15H16N4O3. The zero-order chi connectivity index (χ0) is 15.9. The minimum atomic E-state index is -0.384. The molecule has 1 heterocycles. The molecule has 3 N–H and O–H groups in total. The van der Waals surface area contributed by atoms with E-state index in [1.54, 1.807) is 43.3 Å². The summed E-state index contributed by atoms with van der Waals surface area (Å²) in [4.78, 5) is 23.3. The van der Waals surface area contributed by atoms with Crippen LogP contribution in [0.4, 0.5) is 16.2 Å². The highest BCUT2D eigenvalue weighted by atomic mass is 16.5. The number of urea groups is 1. The maximum Gasteiger partial charge on any atom is 0.319 e. The number of hydrogen-bond acceptors (Lipinski definition) is 4. The zero-order valence-corrected chi connectivity index (χ0v) is 12.1. The van der Waals surface area contributed by atoms with Crippen LogP contribution in [-0.2, 0) is 0 Å². The Balaban J connectivity index is 1.93. The van der Waals surface area contributed by atoms with Gasteiger partial charge >= 0.3 is 6.03 Å². The Morgan fingerprint density at radius 1 is 1.23 bits per heavy atom. The van der Waals surface area contributed by atoms with E-state index in [9.17, 15) is 9.59 Å². The van der Waals surface area contributed by atoms with Crippen molar-refractivity contribution in [3.05, 3.63) is 54.4 Å². The summed E-state index contributed by atoms with van der Waals surface area (Å²) in [6.45, 7) is 5.63. The number of anilines is 2. The first-order valence-electron chi connectivity index (χ1n) is 6.59. The van der Waals surface area contributed by atoms with Gasteiger partial charge in [0.1, 0.15) is 0 Å². The molecule has 3 amide bonds. The number of aryl methyl sites for hydroxylation is 1. The second-order valence-electron chi connectivity index (χ2n) is 4.49. The second-order valence-corrected chi connectivity index (χ2v) is 4.49. The lowest BCUT2D eigenvalue weighted by atomic mass is 10.2. The molecule has 0 spiro atoms. The third-order valence-electron chi connectivity index (χ3n) is 2.66. The standard InChI is InChI=1S/C15H16N4O3/c1-3-8-16-15(21)18-12-6-4-11(5-7-12)17-14(20)13-9-10(2)19-22-13/h3-7,9H,1,8H2,2H3,(H,17,20)(H2,16,18,21). The molecule has 0 atom stereocenters. The van der Waals surface area contributed by atoms with Crippen LogP contribution >= 0.6 is 0 Å². The topological polar surface area (TPSA) is 96.3 Å². The molecule has 2 aromatic rings. The summed E-state index contributed by atoms with van der Waals surface area (Å²) in [5, 5.41) is 11.6. The molecule has 0 aliphatic heterocycles. The Morgan fingerprint density at radius 3 is 2.41 bits per heavy atom. The van der Waals surface area contributed by atoms with Crippen LogP contribution in [0.15, 0.2) is 47.5 Å². The Bertz CT molecular complexity index is 676. The number of carbonyl (C=O) groups is 2. The lowest BCUT2D eigenvalue weighted by molar-refractivity contribution is 0.0988. The van der Waals surface area contributed by atoms with Crippen LogP contribution in [0.2, 0.25) is 0 Å². The fourth-order valence-corrected chi connectivity index (χ4v) is 1.64. The van der Waals surface area contributed by atoms with E-state index in [2.05, 4.69) is 27.7 Å². The Hall–Kier alpha value is -3.09. The summed E-state index contributed by atoms with van der Waals surface area (Å²) < 4.78 is 4.88. The minimum Gasteiger partial charge on any atom is -0.351 e. The van der Waals surface area contributed by atoms with Crippen LogP contribution in [0.25, 0.3) is 0 Å². The lowest BCUT2D eigenvalue weighted by Gasteiger charge is -2.07. The summed E-state index contributed by atoms with van der Waals surface area (Å²) in [5.41, 5.74) is 1.82. The predicted octanol–water partition coefficient (Wildman–Crippen LogP) is 2.54. The van der Waals surface area contributed by atoms with Crippen LogP contribution in [0.5, 0.6) is 0 Å². The summed E-state index contributed by atoms with van der Waals surface area (Å²) in [6, 6.07) is 7.92. The van der Waals surface area contributed by atoms with Crippen LogP contribution in [0.1, 0.15) is 16.2 Å². The average Bonchev–Trinajstić information content (AvgIpc) is 2.94. The van der Waals surface area contributed by atoms with Crippen molar-refractivity contribution in [2.24, 2.45) is 0 Å². The van der Waals surface area contributed by atoms with Gasteiger partial charge in [0.25, 0.3) is 5.91 Å². The van der Waals surface area contributed by atoms with Gasteiger partial charge in [-0.25, -0.2) is 4.79 Å². The maximum absolute atomic E-state index is 11.9. The van der Waals surface area contributed by atoms with Gasteiger partial charge in [0.2, 0.25) is 5.76 Å². The number of rotatable bonds is 5. The largest absolute Gasteiger partial charge is 0.351 e. The van der Waals surface area contributed by atoms with Crippen molar-refractivity contribution in [1.29, 1.82) is 0 Å². The molecular weight excluding hydrogens is 284 g/mol. The normalized spacial score (nSPS) is 9.86. The van der Waals surface area contributed by atoms with Gasteiger partial charge in [-0.2, -0.15) is 0 Å². The fourth-order valence-electron chi connectivity index (χ4n) is 1.64. The van der Waals surface area contributed by atoms with Gasteiger partial charge in [-0.05, 0) is 31.2 Å². The molecule has 7 heteroatoms. The Morgan fingerprint density at radius 2 is 1.86 bits per heavy atom. The van der Waals surface area contributed by atoms with Crippen LogP contribution in [0.3, 0.4) is 0 Å². The van der Waals surface area contributed by atoms with E-state index >= 15 is 0 Å². The number of aromatic nitrogens is 1. The molecule has 22 heavy (non-hydrogen) atoms. The van der Waals surface area contributed by atoms with Crippen LogP contribution < -0.4 is 16.0 Å². The Kier molecular flexibility index (Phi) is 4.92. The monoisotopic (exact) mass is 300 g/mol. The third kappa shape index (κ3) is 4.20. The van der Waals surface area contributed by atoms with Crippen molar-refractivity contribution in [3.8, 4) is 0 Å². The van der Waals surface area contributed by atoms with E-state index in [-0.39, 0.29) is 17.7 Å². The highest BCUT2D eigenvalue weighted by molar-refractivity contribution is 6.02. The molecule has 2 rings (SSSR count).